The lowest BCUT2D eigenvalue weighted by molar-refractivity contribution is -0.111. The summed E-state index contributed by atoms with van der Waals surface area (Å²) in [5.74, 6) is -0.817. The minimum Gasteiger partial charge on any atom is -0.493 e. The maximum atomic E-state index is 12.3. The van der Waals surface area contributed by atoms with Crippen LogP contribution in [-0.4, -0.2) is 32.2 Å². The largest absolute Gasteiger partial charge is 0.493 e. The van der Waals surface area contributed by atoms with Crippen molar-refractivity contribution in [2.75, 3.05) is 19.0 Å². The third kappa shape index (κ3) is 6.08. The quantitative estimate of drug-likeness (QED) is 0.541. The molecule has 0 spiro atoms. The van der Waals surface area contributed by atoms with Crippen molar-refractivity contribution >= 4 is 23.6 Å². The predicted molar refractivity (Wildman–Crippen MR) is 99.7 cm³/mol. The Balaban J connectivity index is 2.00. The Hall–Kier alpha value is -3.42. The summed E-state index contributed by atoms with van der Waals surface area (Å²) in [6.45, 7) is -0.966. The molecule has 8 heteroatoms. The second-order valence-corrected chi connectivity index (χ2v) is 5.41. The lowest BCUT2D eigenvalue weighted by Crippen LogP contribution is -2.09. The summed E-state index contributed by atoms with van der Waals surface area (Å²) in [7, 11) is 1.33. The number of halogens is 2. The minimum atomic E-state index is -2.96. The van der Waals surface area contributed by atoms with Gasteiger partial charge in [-0.3, -0.25) is 4.79 Å². The van der Waals surface area contributed by atoms with Crippen LogP contribution in [0.1, 0.15) is 22.8 Å². The molecule has 0 saturated heterocycles. The van der Waals surface area contributed by atoms with E-state index >= 15 is 0 Å². The van der Waals surface area contributed by atoms with Crippen molar-refractivity contribution < 1.29 is 32.6 Å². The summed E-state index contributed by atoms with van der Waals surface area (Å²) in [5, 5.41) is 2.64. The SMILES string of the molecule is CCOC(=O)c1ccc(NC(=O)/C=C/c2ccc(OC(F)F)c(OC)c2)cc1. The Bertz CT molecular complexity index is 850. The molecular weight excluding hydrogens is 372 g/mol. The molecule has 0 bridgehead atoms. The number of nitrogens with one attached hydrogen (secondary N) is 1. The molecule has 0 heterocycles. The number of esters is 1. The van der Waals surface area contributed by atoms with Crippen molar-refractivity contribution in [1.29, 1.82) is 0 Å². The van der Waals surface area contributed by atoms with Crippen LogP contribution in [-0.2, 0) is 9.53 Å². The zero-order valence-corrected chi connectivity index (χ0v) is 15.3. The highest BCUT2D eigenvalue weighted by Crippen LogP contribution is 2.29. The Kier molecular flexibility index (Phi) is 7.50. The van der Waals surface area contributed by atoms with Crippen molar-refractivity contribution in [1.82, 2.24) is 0 Å². The smallest absolute Gasteiger partial charge is 0.387 e. The molecule has 0 aromatic heterocycles. The topological polar surface area (TPSA) is 73.9 Å². The fourth-order valence-corrected chi connectivity index (χ4v) is 2.24. The standard InChI is InChI=1S/C20H19F2NO5/c1-3-27-19(25)14-6-8-15(9-7-14)23-18(24)11-5-13-4-10-16(28-20(21)22)17(12-13)26-2/h4-12,20H,3H2,1-2H3,(H,23,24)/b11-5+. The molecule has 0 aliphatic rings. The molecule has 0 atom stereocenters. The molecule has 2 aromatic rings. The molecule has 0 aliphatic heterocycles. The number of rotatable bonds is 8. The number of hydrogen-bond acceptors (Lipinski definition) is 5. The molecule has 1 N–H and O–H groups in total. The first kappa shape index (κ1) is 20.9. The van der Waals surface area contributed by atoms with E-state index < -0.39 is 18.5 Å². The molecule has 1 amide bonds. The van der Waals surface area contributed by atoms with Crippen LogP contribution in [0.15, 0.2) is 48.5 Å². The highest BCUT2D eigenvalue weighted by molar-refractivity contribution is 6.02. The van der Waals surface area contributed by atoms with Gasteiger partial charge in [0.05, 0.1) is 19.3 Å². The van der Waals surface area contributed by atoms with E-state index in [-0.39, 0.29) is 18.1 Å². The van der Waals surface area contributed by atoms with Gasteiger partial charge in [0, 0.05) is 11.8 Å². The molecule has 28 heavy (non-hydrogen) atoms. The molecule has 0 radical (unpaired) electrons. The van der Waals surface area contributed by atoms with E-state index in [0.29, 0.717) is 16.8 Å². The van der Waals surface area contributed by atoms with Gasteiger partial charge in [-0.15, -0.1) is 0 Å². The summed E-state index contributed by atoms with van der Waals surface area (Å²) >= 11 is 0. The number of carbonyl (C=O) groups is 2. The number of methoxy groups -OCH3 is 1. The van der Waals surface area contributed by atoms with Gasteiger partial charge in [0.2, 0.25) is 5.91 Å². The van der Waals surface area contributed by atoms with Crippen molar-refractivity contribution in [3.8, 4) is 11.5 Å². The summed E-state index contributed by atoms with van der Waals surface area (Å²) < 4.78 is 38.9. The highest BCUT2D eigenvalue weighted by Gasteiger charge is 2.10. The summed E-state index contributed by atoms with van der Waals surface area (Å²) in [6, 6.07) is 10.6. The lowest BCUT2D eigenvalue weighted by atomic mass is 10.2. The maximum Gasteiger partial charge on any atom is 0.387 e. The van der Waals surface area contributed by atoms with Crippen molar-refractivity contribution in [2.45, 2.75) is 13.5 Å². The fourth-order valence-electron chi connectivity index (χ4n) is 2.24. The zero-order chi connectivity index (χ0) is 20.5. The molecule has 0 fully saturated rings. The molecule has 6 nitrogen and oxygen atoms in total. The van der Waals surface area contributed by atoms with Gasteiger partial charge >= 0.3 is 12.6 Å². The first-order valence-corrected chi connectivity index (χ1v) is 8.32. The number of hydrogen-bond donors (Lipinski definition) is 1. The van der Waals surface area contributed by atoms with E-state index in [1.165, 1.54) is 37.5 Å². The average Bonchev–Trinajstić information content (AvgIpc) is 2.67. The molecule has 0 saturated carbocycles. The Morgan fingerprint density at radius 1 is 1.11 bits per heavy atom. The minimum absolute atomic E-state index is 0.0965. The summed E-state index contributed by atoms with van der Waals surface area (Å²) in [5.41, 5.74) is 1.45. The normalized spacial score (nSPS) is 10.8. The van der Waals surface area contributed by atoms with E-state index in [4.69, 9.17) is 9.47 Å². The number of alkyl halides is 2. The first-order valence-electron chi connectivity index (χ1n) is 8.32. The van der Waals surface area contributed by atoms with E-state index in [1.807, 2.05) is 0 Å². The molecule has 148 valence electrons. The second-order valence-electron chi connectivity index (χ2n) is 5.41. The van der Waals surface area contributed by atoms with E-state index in [9.17, 15) is 18.4 Å². The van der Waals surface area contributed by atoms with Crippen molar-refractivity contribution in [3.05, 3.63) is 59.7 Å². The Morgan fingerprint density at radius 2 is 1.82 bits per heavy atom. The lowest BCUT2D eigenvalue weighted by Gasteiger charge is -2.10. The van der Waals surface area contributed by atoms with E-state index in [2.05, 4.69) is 10.1 Å². The van der Waals surface area contributed by atoms with Crippen LogP contribution >= 0.6 is 0 Å². The Labute approximate surface area is 160 Å². The Morgan fingerprint density at radius 3 is 2.43 bits per heavy atom. The summed E-state index contributed by atoms with van der Waals surface area (Å²) in [4.78, 5) is 23.6. The maximum absolute atomic E-state index is 12.3. The van der Waals surface area contributed by atoms with Crippen LogP contribution in [0.2, 0.25) is 0 Å². The van der Waals surface area contributed by atoms with Gasteiger partial charge in [0.1, 0.15) is 0 Å². The number of ether oxygens (including phenoxy) is 3. The monoisotopic (exact) mass is 391 g/mol. The van der Waals surface area contributed by atoms with Crippen LogP contribution in [0, 0.1) is 0 Å². The number of benzene rings is 2. The molecular formula is C20H19F2NO5. The number of amides is 1. The molecule has 0 unspecified atom stereocenters. The highest BCUT2D eigenvalue weighted by atomic mass is 19.3. The van der Waals surface area contributed by atoms with Gasteiger partial charge in [0.25, 0.3) is 0 Å². The van der Waals surface area contributed by atoms with Crippen LogP contribution in [0.25, 0.3) is 6.08 Å². The molecule has 0 aliphatic carbocycles. The molecule has 2 rings (SSSR count). The van der Waals surface area contributed by atoms with E-state index in [1.54, 1.807) is 31.2 Å². The van der Waals surface area contributed by atoms with Crippen LogP contribution < -0.4 is 14.8 Å². The third-order valence-corrected chi connectivity index (χ3v) is 3.49. The van der Waals surface area contributed by atoms with Crippen molar-refractivity contribution in [2.24, 2.45) is 0 Å². The van der Waals surface area contributed by atoms with Gasteiger partial charge in [-0.25, -0.2) is 4.79 Å². The van der Waals surface area contributed by atoms with Gasteiger partial charge in [-0.2, -0.15) is 8.78 Å². The second kappa shape index (κ2) is 10.1. The third-order valence-electron chi connectivity index (χ3n) is 3.49. The van der Waals surface area contributed by atoms with Crippen molar-refractivity contribution in [3.63, 3.8) is 0 Å². The number of carbonyl (C=O) groups excluding carboxylic acids is 2. The molecule has 2 aromatic carbocycles. The first-order chi connectivity index (χ1) is 13.4. The van der Waals surface area contributed by atoms with E-state index in [0.717, 1.165) is 0 Å². The van der Waals surface area contributed by atoms with Crippen LogP contribution in [0.3, 0.4) is 0 Å². The number of anilines is 1. The van der Waals surface area contributed by atoms with Gasteiger partial charge in [-0.1, -0.05) is 6.07 Å². The van der Waals surface area contributed by atoms with Crippen LogP contribution in [0.4, 0.5) is 14.5 Å². The van der Waals surface area contributed by atoms with Gasteiger partial charge < -0.3 is 19.5 Å². The van der Waals surface area contributed by atoms with Crippen LogP contribution in [0.5, 0.6) is 11.5 Å². The van der Waals surface area contributed by atoms with Gasteiger partial charge in [-0.05, 0) is 55.0 Å². The predicted octanol–water partition coefficient (Wildman–Crippen LogP) is 4.13. The summed E-state index contributed by atoms with van der Waals surface area (Å²) in [6.07, 6.45) is 2.78. The van der Waals surface area contributed by atoms with Gasteiger partial charge in [0.15, 0.2) is 11.5 Å². The average molecular weight is 391 g/mol. The zero-order valence-electron chi connectivity index (χ0n) is 15.3. The fraction of sp³-hybridized carbons (Fsp3) is 0.200.